The molecule has 0 fully saturated rings. The fourth-order valence-corrected chi connectivity index (χ4v) is 2.01. The van der Waals surface area contributed by atoms with Gasteiger partial charge in [0.1, 0.15) is 5.75 Å². The quantitative estimate of drug-likeness (QED) is 0.918. The Balaban J connectivity index is 2.67. The van der Waals surface area contributed by atoms with Gasteiger partial charge in [-0.1, -0.05) is 30.3 Å². The van der Waals surface area contributed by atoms with Crippen LogP contribution in [0.2, 0.25) is 0 Å². The summed E-state index contributed by atoms with van der Waals surface area (Å²) >= 11 is 0. The number of ether oxygens (including phenoxy) is 1. The van der Waals surface area contributed by atoms with Crippen LogP contribution in [0.5, 0.6) is 5.75 Å². The highest BCUT2D eigenvalue weighted by Gasteiger charge is 2.40. The van der Waals surface area contributed by atoms with E-state index in [9.17, 15) is 18.3 Å². The summed E-state index contributed by atoms with van der Waals surface area (Å²) in [6, 6.07) is 9.43. The van der Waals surface area contributed by atoms with E-state index in [4.69, 9.17) is 4.74 Å². The largest absolute Gasteiger partial charge is 0.493 e. The van der Waals surface area contributed by atoms with Crippen LogP contribution in [0.4, 0.5) is 13.2 Å². The molecule has 0 aliphatic heterocycles. The lowest BCUT2D eigenvalue weighted by Gasteiger charge is -2.18. The van der Waals surface area contributed by atoms with E-state index in [2.05, 4.69) is 0 Å². The number of fused-ring (bicyclic) bond motifs is 1. The van der Waals surface area contributed by atoms with Gasteiger partial charge in [-0.15, -0.1) is 0 Å². The third kappa shape index (κ3) is 2.66. The van der Waals surface area contributed by atoms with Gasteiger partial charge in [-0.05, 0) is 18.4 Å². The summed E-state index contributed by atoms with van der Waals surface area (Å²) in [5.41, 5.74) is -0.186. The van der Waals surface area contributed by atoms with Gasteiger partial charge >= 0.3 is 6.18 Å². The lowest BCUT2D eigenvalue weighted by molar-refractivity contribution is -0.206. The van der Waals surface area contributed by atoms with Crippen LogP contribution in [0.15, 0.2) is 36.4 Å². The predicted octanol–water partition coefficient (Wildman–Crippen LogP) is 3.83. The number of hydrogen-bond acceptors (Lipinski definition) is 2. The molecule has 0 radical (unpaired) electrons. The predicted molar refractivity (Wildman–Crippen MR) is 66.1 cm³/mol. The summed E-state index contributed by atoms with van der Waals surface area (Å²) in [6.07, 6.45) is -7.22. The second kappa shape index (κ2) is 5.09. The van der Waals surface area contributed by atoms with Gasteiger partial charge in [-0.25, -0.2) is 0 Å². The molecule has 2 nitrogen and oxygen atoms in total. The molecule has 102 valence electrons. The Morgan fingerprint density at radius 1 is 1.16 bits per heavy atom. The zero-order valence-corrected chi connectivity index (χ0v) is 10.2. The third-order valence-electron chi connectivity index (χ3n) is 2.80. The van der Waals surface area contributed by atoms with Crippen LogP contribution < -0.4 is 4.74 Å². The molecule has 2 aromatic carbocycles. The molecule has 0 saturated heterocycles. The van der Waals surface area contributed by atoms with E-state index >= 15 is 0 Å². The van der Waals surface area contributed by atoms with Crippen LogP contribution in [-0.2, 0) is 0 Å². The van der Waals surface area contributed by atoms with E-state index in [1.807, 2.05) is 0 Å². The molecule has 1 unspecified atom stereocenters. The zero-order chi connectivity index (χ0) is 14.0. The lowest BCUT2D eigenvalue weighted by atomic mass is 9.99. The van der Waals surface area contributed by atoms with Gasteiger partial charge < -0.3 is 9.84 Å². The van der Waals surface area contributed by atoms with Gasteiger partial charge in [0.2, 0.25) is 0 Å². The molecular formula is C14H13F3O2. The van der Waals surface area contributed by atoms with E-state index in [1.165, 1.54) is 12.1 Å². The highest BCUT2D eigenvalue weighted by Crippen LogP contribution is 2.39. The second-order valence-corrected chi connectivity index (χ2v) is 4.08. The molecule has 0 aliphatic rings. The van der Waals surface area contributed by atoms with Crippen molar-refractivity contribution < 1.29 is 23.0 Å². The molecule has 0 aromatic heterocycles. The summed E-state index contributed by atoms with van der Waals surface area (Å²) in [4.78, 5) is 0. The Kier molecular flexibility index (Phi) is 3.66. The molecule has 0 spiro atoms. The molecule has 2 rings (SSSR count). The number of hydrogen-bond donors (Lipinski definition) is 1. The minimum Gasteiger partial charge on any atom is -0.493 e. The highest BCUT2D eigenvalue weighted by molar-refractivity contribution is 5.91. The smallest absolute Gasteiger partial charge is 0.418 e. The van der Waals surface area contributed by atoms with E-state index < -0.39 is 12.3 Å². The summed E-state index contributed by atoms with van der Waals surface area (Å²) in [6.45, 7) is 2.09. The normalized spacial score (nSPS) is 13.5. The minimum atomic E-state index is -4.70. The average molecular weight is 270 g/mol. The minimum absolute atomic E-state index is 0.186. The maximum absolute atomic E-state index is 12.7. The van der Waals surface area contributed by atoms with E-state index in [0.717, 1.165) is 0 Å². The number of aliphatic hydroxyl groups is 1. The van der Waals surface area contributed by atoms with Crippen LogP contribution in [-0.4, -0.2) is 17.9 Å². The Hall–Kier alpha value is -1.75. The topological polar surface area (TPSA) is 29.5 Å². The van der Waals surface area contributed by atoms with E-state index in [-0.39, 0.29) is 5.56 Å². The summed E-state index contributed by atoms with van der Waals surface area (Å²) in [5.74, 6) is 0.346. The Morgan fingerprint density at radius 3 is 2.37 bits per heavy atom. The van der Waals surface area contributed by atoms with Gasteiger partial charge in [0.25, 0.3) is 0 Å². The van der Waals surface area contributed by atoms with Crippen LogP contribution in [0.25, 0.3) is 10.8 Å². The van der Waals surface area contributed by atoms with Crippen LogP contribution in [0.1, 0.15) is 18.6 Å². The molecule has 0 amide bonds. The Bertz CT molecular complexity index is 573. The summed E-state index contributed by atoms with van der Waals surface area (Å²) in [5, 5.41) is 10.4. The zero-order valence-electron chi connectivity index (χ0n) is 10.2. The first-order chi connectivity index (χ1) is 8.95. The first kappa shape index (κ1) is 13.7. The Morgan fingerprint density at radius 2 is 1.79 bits per heavy atom. The van der Waals surface area contributed by atoms with Crippen LogP contribution in [0.3, 0.4) is 0 Å². The molecular weight excluding hydrogens is 257 g/mol. The van der Waals surface area contributed by atoms with Gasteiger partial charge in [0, 0.05) is 10.9 Å². The van der Waals surface area contributed by atoms with Crippen molar-refractivity contribution >= 4 is 10.8 Å². The van der Waals surface area contributed by atoms with Crippen molar-refractivity contribution in [3.05, 3.63) is 42.0 Å². The summed E-state index contributed by atoms with van der Waals surface area (Å²) < 4.78 is 43.4. The first-order valence-corrected chi connectivity index (χ1v) is 5.84. The molecule has 5 heteroatoms. The van der Waals surface area contributed by atoms with Gasteiger partial charge in [-0.2, -0.15) is 13.2 Å². The highest BCUT2D eigenvalue weighted by atomic mass is 19.4. The van der Waals surface area contributed by atoms with Crippen LogP contribution in [0, 0.1) is 0 Å². The maximum atomic E-state index is 12.7. The van der Waals surface area contributed by atoms with Gasteiger partial charge in [0.05, 0.1) is 6.61 Å². The molecule has 1 atom stereocenters. The standard InChI is InChI=1S/C14H13F3O2/c1-2-19-11-8-4-6-9-5-3-7-10(12(9)11)13(18)14(15,16)17/h3-8,13,18H,2H2,1H3. The molecule has 0 aliphatic carbocycles. The number of alkyl halides is 3. The van der Waals surface area contributed by atoms with Gasteiger partial charge in [-0.3, -0.25) is 0 Å². The number of halogens is 3. The van der Waals surface area contributed by atoms with Gasteiger partial charge in [0.15, 0.2) is 6.10 Å². The Labute approximate surface area is 108 Å². The van der Waals surface area contributed by atoms with Crippen LogP contribution >= 0.6 is 0 Å². The fourth-order valence-electron chi connectivity index (χ4n) is 2.01. The van der Waals surface area contributed by atoms with Crippen molar-refractivity contribution in [2.45, 2.75) is 19.2 Å². The summed E-state index contributed by atoms with van der Waals surface area (Å²) in [7, 11) is 0. The molecule has 0 bridgehead atoms. The number of benzene rings is 2. The molecule has 2 aromatic rings. The maximum Gasteiger partial charge on any atom is 0.418 e. The van der Waals surface area contributed by atoms with Crippen molar-refractivity contribution in [1.29, 1.82) is 0 Å². The molecule has 19 heavy (non-hydrogen) atoms. The number of aliphatic hydroxyl groups excluding tert-OH is 1. The van der Waals surface area contributed by atoms with Crippen molar-refractivity contribution in [3.8, 4) is 5.75 Å². The lowest BCUT2D eigenvalue weighted by Crippen LogP contribution is -2.20. The second-order valence-electron chi connectivity index (χ2n) is 4.08. The third-order valence-corrected chi connectivity index (χ3v) is 2.80. The fraction of sp³-hybridized carbons (Fsp3) is 0.286. The SMILES string of the molecule is CCOc1cccc2cccc(C(O)C(F)(F)F)c12. The van der Waals surface area contributed by atoms with E-state index in [0.29, 0.717) is 23.1 Å². The molecule has 1 N–H and O–H groups in total. The number of rotatable bonds is 3. The first-order valence-electron chi connectivity index (χ1n) is 5.84. The average Bonchev–Trinajstić information content (AvgIpc) is 2.37. The van der Waals surface area contributed by atoms with Crippen molar-refractivity contribution in [2.24, 2.45) is 0 Å². The van der Waals surface area contributed by atoms with Crippen molar-refractivity contribution in [3.63, 3.8) is 0 Å². The van der Waals surface area contributed by atoms with Crippen molar-refractivity contribution in [2.75, 3.05) is 6.61 Å². The molecule has 0 saturated carbocycles. The molecule has 0 heterocycles. The monoisotopic (exact) mass is 270 g/mol. The van der Waals surface area contributed by atoms with E-state index in [1.54, 1.807) is 31.2 Å². The van der Waals surface area contributed by atoms with Crippen molar-refractivity contribution in [1.82, 2.24) is 0 Å².